The number of nitrogens with zero attached hydrogens (tertiary/aromatic N) is 4. The number of piperidine rings is 1. The maximum atomic E-state index is 14.7. The minimum absolute atomic E-state index is 0.0153. The summed E-state index contributed by atoms with van der Waals surface area (Å²) >= 11 is 0. The fourth-order valence-electron chi connectivity index (χ4n) is 10.5. The molecule has 2 saturated heterocycles. The molecule has 4 aromatic rings. The number of esters is 1. The molecule has 0 radical (unpaired) electrons. The van der Waals surface area contributed by atoms with Gasteiger partial charge in [0.05, 0.1) is 23.9 Å². The lowest BCUT2D eigenvalue weighted by Crippen LogP contribution is -2.62. The van der Waals surface area contributed by atoms with Crippen LogP contribution in [-0.4, -0.2) is 107 Å². The normalized spacial score (nSPS) is 24.2. The van der Waals surface area contributed by atoms with Gasteiger partial charge in [-0.25, -0.2) is 5.43 Å². The van der Waals surface area contributed by atoms with Gasteiger partial charge in [0.2, 0.25) is 11.8 Å². The number of amides is 3. The highest BCUT2D eigenvalue weighted by Crippen LogP contribution is 2.57. The summed E-state index contributed by atoms with van der Waals surface area (Å²) in [6.07, 6.45) is 3.97. The number of aromatic hydroxyl groups is 1. The van der Waals surface area contributed by atoms with Crippen molar-refractivity contribution in [3.63, 3.8) is 0 Å². The van der Waals surface area contributed by atoms with Crippen LogP contribution in [0.4, 0.5) is 0 Å². The first-order chi connectivity index (χ1) is 29.7. The number of rotatable bonds is 7. The molecule has 330 valence electrons. The Morgan fingerprint density at radius 1 is 1.10 bits per heavy atom. The second-order valence-electron chi connectivity index (χ2n) is 18.6. The van der Waals surface area contributed by atoms with E-state index >= 15 is 0 Å². The molecule has 2 aromatic carbocycles. The zero-order valence-corrected chi connectivity index (χ0v) is 37.0. The minimum atomic E-state index is -1.10. The van der Waals surface area contributed by atoms with Gasteiger partial charge in [-0.2, -0.15) is 0 Å². The van der Waals surface area contributed by atoms with Crippen molar-refractivity contribution in [3.8, 4) is 28.1 Å². The predicted molar refractivity (Wildman–Crippen MR) is 236 cm³/mol. The number of hydrogen-bond donors (Lipinski definition) is 4. The molecule has 5 heterocycles. The van der Waals surface area contributed by atoms with Crippen molar-refractivity contribution >= 4 is 34.6 Å². The molecule has 62 heavy (non-hydrogen) atoms. The Morgan fingerprint density at radius 3 is 2.63 bits per heavy atom. The summed E-state index contributed by atoms with van der Waals surface area (Å²) in [7, 11) is 3.36. The first-order valence-electron chi connectivity index (χ1n) is 22.2. The Labute approximate surface area is 363 Å². The fraction of sp³-hybridized carbons (Fsp3) is 0.521. The lowest BCUT2D eigenvalue weighted by atomic mass is 9.67. The van der Waals surface area contributed by atoms with Crippen molar-refractivity contribution in [1.82, 2.24) is 35.5 Å². The molecule has 0 saturated carbocycles. The van der Waals surface area contributed by atoms with Crippen LogP contribution in [0.1, 0.15) is 89.1 Å². The largest absolute Gasteiger partial charge is 0.508 e. The maximum absolute atomic E-state index is 14.7. The van der Waals surface area contributed by atoms with Crippen LogP contribution in [0.15, 0.2) is 54.7 Å². The number of carbonyl (C=O) groups excluding carboxylic acids is 4. The molecule has 4 N–H and O–H groups in total. The summed E-state index contributed by atoms with van der Waals surface area (Å²) in [6, 6.07) is 12.9. The molecule has 6 bridgehead atoms. The summed E-state index contributed by atoms with van der Waals surface area (Å²) in [5.41, 5.74) is 9.69. The number of likely N-dealkylation sites (N-methyl/N-ethyl adjacent to an activating group) is 1. The third kappa shape index (κ3) is 7.96. The number of phenols is 1. The third-order valence-corrected chi connectivity index (χ3v) is 13.5. The van der Waals surface area contributed by atoms with E-state index in [1.807, 2.05) is 32.0 Å². The number of ether oxygens (including phenoxy) is 2. The molecule has 14 heteroatoms. The monoisotopic (exact) mass is 847 g/mol. The van der Waals surface area contributed by atoms with Crippen LogP contribution in [0.25, 0.3) is 33.3 Å². The van der Waals surface area contributed by atoms with Crippen molar-refractivity contribution in [3.05, 3.63) is 71.5 Å². The third-order valence-electron chi connectivity index (χ3n) is 13.5. The van der Waals surface area contributed by atoms with E-state index < -0.39 is 47.4 Å². The maximum Gasteiger partial charge on any atom is 0.324 e. The number of aromatic nitrogens is 2. The van der Waals surface area contributed by atoms with E-state index in [4.69, 9.17) is 14.5 Å². The van der Waals surface area contributed by atoms with Gasteiger partial charge in [0.1, 0.15) is 30.0 Å². The number of phenolic OH excluding ortho intramolecular Hbond substituents is 1. The van der Waals surface area contributed by atoms with Crippen LogP contribution < -0.4 is 16.1 Å². The van der Waals surface area contributed by atoms with Gasteiger partial charge in [-0.3, -0.25) is 29.2 Å². The van der Waals surface area contributed by atoms with Crippen LogP contribution in [0.5, 0.6) is 5.75 Å². The Balaban J connectivity index is 1.24. The molecule has 3 amide bonds. The standard InChI is InChI=1S/C48H61N7O7/c1-8-54-37-16-15-29-24-34(37)38-39(43(61-7)40-33(42(38)54)13-10-18-50-40)48(4,5)26-62-47(60)35-14-11-19-55(52-35)46(59)36(22-28-20-31(29)23-32(56)21-28)51-44(57)41(27(2)3)53(6)45(58)30-12-9-17-49-25-30/h10,13,15-16,18,20-21,23-24,27,30,35-36,39,41,43,49,52,56H,8-9,11-12,14,17,19,22,25-26H2,1-7H3,(H,51,57)/t30?,35-,36?,39?,41-,43-/m0/s1. The zero-order chi connectivity index (χ0) is 44.0. The molecule has 2 fully saturated rings. The van der Waals surface area contributed by atoms with Crippen LogP contribution in [-0.2, 0) is 41.6 Å². The topological polar surface area (TPSA) is 167 Å². The van der Waals surface area contributed by atoms with Gasteiger partial charge in [0, 0.05) is 74.2 Å². The molecular weight excluding hydrogens is 787 g/mol. The lowest BCUT2D eigenvalue weighted by molar-refractivity contribution is -0.156. The Morgan fingerprint density at radius 2 is 1.90 bits per heavy atom. The van der Waals surface area contributed by atoms with Crippen LogP contribution in [0.2, 0.25) is 0 Å². The highest BCUT2D eigenvalue weighted by atomic mass is 16.5. The first kappa shape index (κ1) is 43.3. The van der Waals surface area contributed by atoms with Crippen molar-refractivity contribution in [2.45, 2.75) is 103 Å². The second-order valence-corrected chi connectivity index (χ2v) is 18.6. The molecule has 8 rings (SSSR count). The molecule has 4 aliphatic rings. The van der Waals surface area contributed by atoms with Gasteiger partial charge in [-0.15, -0.1) is 0 Å². The van der Waals surface area contributed by atoms with Crippen LogP contribution >= 0.6 is 0 Å². The summed E-state index contributed by atoms with van der Waals surface area (Å²) in [6.45, 7) is 12.6. The average Bonchev–Trinajstić information content (AvgIpc) is 3.60. The number of nitrogens with one attached hydrogen (secondary N) is 3. The molecule has 3 aliphatic heterocycles. The second kappa shape index (κ2) is 17.5. The van der Waals surface area contributed by atoms with Crippen LogP contribution in [0.3, 0.4) is 0 Å². The smallest absolute Gasteiger partial charge is 0.324 e. The average molecular weight is 848 g/mol. The highest BCUT2D eigenvalue weighted by molar-refractivity contribution is 5.97. The highest BCUT2D eigenvalue weighted by Gasteiger charge is 2.48. The summed E-state index contributed by atoms with van der Waals surface area (Å²) in [5, 5.41) is 20.1. The fourth-order valence-corrected chi connectivity index (χ4v) is 10.5. The van der Waals surface area contributed by atoms with E-state index in [1.165, 1.54) is 9.91 Å². The van der Waals surface area contributed by atoms with E-state index in [0.29, 0.717) is 38.0 Å². The summed E-state index contributed by atoms with van der Waals surface area (Å²) < 4.78 is 14.9. The van der Waals surface area contributed by atoms with Crippen molar-refractivity contribution in [2.24, 2.45) is 17.3 Å². The number of aryl methyl sites for hydroxylation is 1. The van der Waals surface area contributed by atoms with Gasteiger partial charge >= 0.3 is 5.97 Å². The predicted octanol–water partition coefficient (Wildman–Crippen LogP) is 5.47. The molecular formula is C48H61N7O7. The number of pyridine rings is 1. The van der Waals surface area contributed by atoms with Crippen molar-refractivity contribution in [2.75, 3.05) is 40.4 Å². The Hall–Kier alpha value is -5.31. The molecule has 2 aromatic heterocycles. The van der Waals surface area contributed by atoms with E-state index in [1.54, 1.807) is 32.5 Å². The van der Waals surface area contributed by atoms with Gasteiger partial charge in [0.25, 0.3) is 5.91 Å². The van der Waals surface area contributed by atoms with E-state index in [-0.39, 0.29) is 42.4 Å². The number of hydrazine groups is 1. The van der Waals surface area contributed by atoms with Gasteiger partial charge in [-0.1, -0.05) is 39.8 Å². The molecule has 3 unspecified atom stereocenters. The first-order valence-corrected chi connectivity index (χ1v) is 22.2. The molecule has 14 nitrogen and oxygen atoms in total. The molecule has 6 atom stereocenters. The van der Waals surface area contributed by atoms with Gasteiger partial charge in [0.15, 0.2) is 0 Å². The zero-order valence-electron chi connectivity index (χ0n) is 37.0. The lowest BCUT2D eigenvalue weighted by Gasteiger charge is -2.42. The quantitative estimate of drug-likeness (QED) is 0.175. The Bertz CT molecular complexity index is 2370. The van der Waals surface area contributed by atoms with Gasteiger partial charge < -0.3 is 34.7 Å². The summed E-state index contributed by atoms with van der Waals surface area (Å²) in [5.74, 6) is -2.25. The van der Waals surface area contributed by atoms with Crippen LogP contribution in [0, 0.1) is 17.3 Å². The van der Waals surface area contributed by atoms with E-state index in [0.717, 1.165) is 63.9 Å². The number of benzene rings is 2. The Kier molecular flexibility index (Phi) is 12.2. The number of carbonyl (C=O) groups is 4. The number of hydrogen-bond acceptors (Lipinski definition) is 10. The number of fused-ring (bicyclic) bond motifs is 8. The molecule has 0 spiro atoms. The number of methoxy groups -OCH3 is 1. The number of cyclic esters (lactones) is 1. The van der Waals surface area contributed by atoms with Crippen molar-refractivity contribution in [1.29, 1.82) is 0 Å². The molecule has 1 aliphatic carbocycles. The van der Waals surface area contributed by atoms with E-state index in [2.05, 4.69) is 59.6 Å². The SMILES string of the molecule is CCn1c2c3c4cc(ccc41)-c1cc(O)cc(c1)CC(NC(=O)[C@H](C(C)C)N(C)C(=O)C1CCCNC1)C(=O)N1CCC[C@H](N1)C(=O)OCC(C)(C)C3[C@H](OC)c1ncccc1-2. The van der Waals surface area contributed by atoms with E-state index in [9.17, 15) is 24.3 Å². The minimum Gasteiger partial charge on any atom is -0.508 e. The summed E-state index contributed by atoms with van der Waals surface area (Å²) in [4.78, 5) is 63.3. The van der Waals surface area contributed by atoms with Gasteiger partial charge in [-0.05, 0) is 104 Å². The van der Waals surface area contributed by atoms with Crippen molar-refractivity contribution < 1.29 is 33.8 Å².